The smallest absolute Gasteiger partial charge is 0.455 e. The van der Waals surface area contributed by atoms with Gasteiger partial charge in [0.05, 0.1) is 28.6 Å². The van der Waals surface area contributed by atoms with Crippen LogP contribution in [0.15, 0.2) is 65.3 Å². The maximum absolute atomic E-state index is 13.9. The number of phenols is 1. The Balaban J connectivity index is 1.45. The number of nitro benzene ring substituents is 1. The zero-order valence-corrected chi connectivity index (χ0v) is 23.4. The van der Waals surface area contributed by atoms with Crippen molar-refractivity contribution in [1.82, 2.24) is 0 Å². The summed E-state index contributed by atoms with van der Waals surface area (Å²) in [6, 6.07) is 12.7. The van der Waals surface area contributed by atoms with Gasteiger partial charge in [0.25, 0.3) is 5.69 Å². The lowest BCUT2D eigenvalue weighted by Gasteiger charge is -2.43. The largest absolute Gasteiger partial charge is 0.508 e. The first kappa shape index (κ1) is 28.8. The number of allylic oxidation sites excluding steroid dienone is 2. The highest BCUT2D eigenvalue weighted by Crippen LogP contribution is 2.52. The molecule has 2 saturated heterocycles. The van der Waals surface area contributed by atoms with Crippen LogP contribution in [-0.4, -0.2) is 40.1 Å². The second-order valence-electron chi connectivity index (χ2n) is 11.1. The number of benzene rings is 2. The van der Waals surface area contributed by atoms with Gasteiger partial charge in [0.15, 0.2) is 0 Å². The Bertz CT molecular complexity index is 1420. The van der Waals surface area contributed by atoms with E-state index in [1.165, 1.54) is 23.8 Å². The molecule has 2 heterocycles. The fourth-order valence-corrected chi connectivity index (χ4v) is 6.82. The average Bonchev–Trinajstić information content (AvgIpc) is 3.20. The summed E-state index contributed by atoms with van der Waals surface area (Å²) in [6.45, 7) is 4.15. The third kappa shape index (κ3) is 5.71. The Kier molecular flexibility index (Phi) is 8.42. The molecule has 2 aromatic rings. The Morgan fingerprint density at radius 2 is 1.93 bits per heavy atom. The molecule has 0 aromatic heterocycles. The third-order valence-electron chi connectivity index (χ3n) is 8.58. The van der Waals surface area contributed by atoms with Gasteiger partial charge in [-0.3, -0.25) is 19.7 Å². The number of amides is 2. The van der Waals surface area contributed by atoms with Crippen molar-refractivity contribution in [3.63, 3.8) is 0 Å². The molecule has 0 radical (unpaired) electrons. The molecule has 2 amide bonds. The fourth-order valence-electron chi connectivity index (χ4n) is 6.82. The van der Waals surface area contributed by atoms with Gasteiger partial charge < -0.3 is 14.8 Å². The quantitative estimate of drug-likeness (QED) is 0.133. The van der Waals surface area contributed by atoms with Gasteiger partial charge in [0.1, 0.15) is 5.75 Å². The fraction of sp³-hybridized carbons (Fsp3) is 0.419. The molecule has 3 aliphatic rings. The van der Waals surface area contributed by atoms with Crippen LogP contribution in [-0.2, 0) is 14.2 Å². The van der Waals surface area contributed by atoms with Crippen LogP contribution in [0.25, 0.3) is 6.08 Å². The third-order valence-corrected chi connectivity index (χ3v) is 8.58. The number of rotatable bonds is 9. The van der Waals surface area contributed by atoms with E-state index in [2.05, 4.69) is 19.9 Å². The number of nitro groups is 1. The molecule has 2 fully saturated rings. The maximum atomic E-state index is 13.9. The highest BCUT2D eigenvalue weighted by Gasteiger charge is 2.57. The highest BCUT2D eigenvalue weighted by molar-refractivity contribution is 6.43. The second-order valence-corrected chi connectivity index (χ2v) is 11.1. The second kappa shape index (κ2) is 12.0. The average molecular weight is 558 g/mol. The highest BCUT2D eigenvalue weighted by atomic mass is 16.6. The number of fused-ring (bicyclic) bond motifs is 3. The van der Waals surface area contributed by atoms with Crippen molar-refractivity contribution in [3.05, 3.63) is 80.9 Å². The first-order valence-corrected chi connectivity index (χ1v) is 14.4. The molecule has 2 N–H and O–H groups in total. The summed E-state index contributed by atoms with van der Waals surface area (Å²) < 4.78 is 6.11. The molecule has 214 valence electrons. The topological polar surface area (TPSA) is 130 Å². The summed E-state index contributed by atoms with van der Waals surface area (Å²) in [5.41, 5.74) is 4.26. The molecule has 41 heavy (non-hydrogen) atoms. The number of hydrogen-bond acceptors (Lipinski definition) is 7. The van der Waals surface area contributed by atoms with Crippen LogP contribution in [0.2, 0.25) is 6.32 Å². The van der Waals surface area contributed by atoms with Crippen molar-refractivity contribution in [2.45, 2.75) is 64.8 Å². The summed E-state index contributed by atoms with van der Waals surface area (Å²) in [4.78, 5) is 39.5. The van der Waals surface area contributed by atoms with E-state index in [1.807, 2.05) is 6.07 Å². The molecular weight excluding hydrogens is 523 g/mol. The van der Waals surface area contributed by atoms with E-state index in [1.54, 1.807) is 24.3 Å². The van der Waals surface area contributed by atoms with Crippen LogP contribution in [0.4, 0.5) is 11.4 Å². The molecule has 2 aromatic carbocycles. The summed E-state index contributed by atoms with van der Waals surface area (Å²) in [5, 5.41) is 32.0. The number of phenolic OH excluding ortho intramolecular Hbond substituents is 1. The zero-order valence-electron chi connectivity index (χ0n) is 23.4. The number of carbonyl (C=O) groups is 2. The lowest BCUT2D eigenvalue weighted by Crippen LogP contribution is -2.46. The van der Waals surface area contributed by atoms with E-state index >= 15 is 0 Å². The Morgan fingerprint density at radius 1 is 1.15 bits per heavy atom. The number of imide groups is 1. The minimum atomic E-state index is -1.06. The molecule has 2 aliphatic heterocycles. The minimum absolute atomic E-state index is 0.185. The van der Waals surface area contributed by atoms with Crippen LogP contribution in [0.5, 0.6) is 5.75 Å². The van der Waals surface area contributed by atoms with Gasteiger partial charge in [-0.05, 0) is 73.7 Å². The van der Waals surface area contributed by atoms with E-state index in [0.29, 0.717) is 19.3 Å². The number of non-ortho nitro benzene ring substituents is 1. The molecule has 4 atom stereocenters. The number of aromatic hydroxyl groups is 1. The van der Waals surface area contributed by atoms with Gasteiger partial charge in [-0.25, -0.2) is 4.90 Å². The van der Waals surface area contributed by atoms with Crippen LogP contribution in [0, 0.1) is 27.9 Å². The summed E-state index contributed by atoms with van der Waals surface area (Å²) in [6.07, 6.45) is 6.10. The van der Waals surface area contributed by atoms with Crippen molar-refractivity contribution in [3.8, 4) is 5.75 Å². The van der Waals surface area contributed by atoms with Crippen LogP contribution >= 0.6 is 0 Å². The van der Waals surface area contributed by atoms with Crippen molar-refractivity contribution in [2.24, 2.45) is 17.8 Å². The normalized spacial score (nSPS) is 24.5. The number of anilines is 1. The lowest BCUT2D eigenvalue weighted by atomic mass is 9.58. The molecule has 0 saturated carbocycles. The van der Waals surface area contributed by atoms with Gasteiger partial charge in [0.2, 0.25) is 11.8 Å². The van der Waals surface area contributed by atoms with Crippen molar-refractivity contribution in [1.29, 1.82) is 0 Å². The summed E-state index contributed by atoms with van der Waals surface area (Å²) in [7, 11) is -1.06. The van der Waals surface area contributed by atoms with E-state index in [9.17, 15) is 29.8 Å². The number of nitrogens with zero attached hydrogens (tertiary/aromatic N) is 2. The predicted octanol–water partition coefficient (Wildman–Crippen LogP) is 5.68. The first-order valence-electron chi connectivity index (χ1n) is 14.4. The Morgan fingerprint density at radius 3 is 2.63 bits per heavy atom. The maximum Gasteiger partial charge on any atom is 0.455 e. The van der Waals surface area contributed by atoms with Gasteiger partial charge in [-0.15, -0.1) is 0 Å². The number of hydrogen-bond donors (Lipinski definition) is 2. The summed E-state index contributed by atoms with van der Waals surface area (Å²) in [5.74, 6) is -2.06. The predicted molar refractivity (Wildman–Crippen MR) is 156 cm³/mol. The molecule has 0 bridgehead atoms. The molecule has 1 aliphatic carbocycles. The van der Waals surface area contributed by atoms with E-state index in [4.69, 9.17) is 4.65 Å². The monoisotopic (exact) mass is 558 g/mol. The van der Waals surface area contributed by atoms with Gasteiger partial charge in [-0.1, -0.05) is 55.7 Å². The van der Waals surface area contributed by atoms with Crippen LogP contribution in [0.1, 0.15) is 57.9 Å². The summed E-state index contributed by atoms with van der Waals surface area (Å²) >= 11 is 0. The lowest BCUT2D eigenvalue weighted by molar-refractivity contribution is -0.384. The van der Waals surface area contributed by atoms with E-state index < -0.39 is 23.9 Å². The molecule has 10 heteroatoms. The Labute approximate surface area is 239 Å². The van der Waals surface area contributed by atoms with Crippen molar-refractivity contribution >= 4 is 36.4 Å². The van der Waals surface area contributed by atoms with Crippen molar-refractivity contribution < 1.29 is 29.3 Å². The van der Waals surface area contributed by atoms with Crippen molar-refractivity contribution in [2.75, 3.05) is 4.90 Å². The zero-order chi connectivity index (χ0) is 29.3. The number of carbonyl (C=O) groups excluding carboxylic acids is 2. The van der Waals surface area contributed by atoms with Gasteiger partial charge in [0, 0.05) is 12.1 Å². The van der Waals surface area contributed by atoms with Gasteiger partial charge >= 0.3 is 7.12 Å². The van der Waals surface area contributed by atoms with Crippen LogP contribution < -0.4 is 4.90 Å². The first-order chi connectivity index (χ1) is 19.7. The minimum Gasteiger partial charge on any atom is -0.508 e. The Hall–Kier alpha value is -3.76. The van der Waals surface area contributed by atoms with Crippen LogP contribution in [0.3, 0.4) is 0 Å². The standard InChI is InChI=1S/C31H35BN2O7/c1-3-7-21-16-25-29(31(37)33(30(25)36)22-9-6-10-23(17-22)34(39)40)26-18-32(38)41-27(28(21)26)13-12-19(4-2)14-20-8-5-11-24(35)15-20/h5-6,8-11,14-15,17,25-27,29,35,38H,3-4,7,12-13,16,18H2,1-2H3/b19-14+/t25-,26+,27-,29-/m1/s1. The molecule has 5 rings (SSSR count). The van der Waals surface area contributed by atoms with E-state index in [-0.39, 0.29) is 47.3 Å². The molecule has 0 spiro atoms. The molecule has 0 unspecified atom stereocenters. The van der Waals surface area contributed by atoms with Gasteiger partial charge in [-0.2, -0.15) is 0 Å². The SMILES string of the molecule is CCCC1=C2[C@@H](CC/C(=C/c3cccc(O)c3)CC)OB(O)C[C@@H]2[C@@H]2C(=O)N(c3cccc([N+](=O)[O-])c3)C(=O)[C@@H]2C1. The molecular formula is C31H35BN2O7. The molecule has 9 nitrogen and oxygen atoms in total. The van der Waals surface area contributed by atoms with E-state index in [0.717, 1.165) is 40.9 Å².